The van der Waals surface area contributed by atoms with Gasteiger partial charge in [0.25, 0.3) is 5.56 Å². The van der Waals surface area contributed by atoms with Crippen LogP contribution in [-0.2, 0) is 20.6 Å². The Morgan fingerprint density at radius 2 is 1.89 bits per heavy atom. The average molecular weight is 387 g/mol. The summed E-state index contributed by atoms with van der Waals surface area (Å²) < 4.78 is 3.52. The fraction of sp³-hybridized carbons (Fsp3) is 0.250. The largest absolute Gasteiger partial charge is 0.384 e. The molecule has 0 aliphatic rings. The highest BCUT2D eigenvalue weighted by molar-refractivity contribution is 7.99. The van der Waals surface area contributed by atoms with Gasteiger partial charge in [-0.05, 0) is 16.0 Å². The van der Waals surface area contributed by atoms with Crippen molar-refractivity contribution in [1.82, 2.24) is 29.3 Å². The molecule has 27 heavy (non-hydrogen) atoms. The zero-order valence-electron chi connectivity index (χ0n) is 14.7. The number of anilines is 1. The maximum atomic E-state index is 12.7. The predicted octanol–water partition coefficient (Wildman–Crippen LogP) is -0.324. The Kier molecular flexibility index (Phi) is 5.21. The summed E-state index contributed by atoms with van der Waals surface area (Å²) in [6, 6.07) is 9.17. The Hall–Kier alpha value is -3.21. The lowest BCUT2D eigenvalue weighted by molar-refractivity contribution is 0.102. The standard InChI is InChI=1S/C16H17N7O3S/c1-21-14(25)12(11(24)9-27-15-18-19-20-22(15)2)13(17)23(16(21)26)8-10-6-4-3-5-7-10/h3-7H,8-9,17H2,1-2H3. The molecule has 1 aromatic carbocycles. The van der Waals surface area contributed by atoms with Crippen molar-refractivity contribution in [2.75, 3.05) is 11.5 Å². The van der Waals surface area contributed by atoms with Gasteiger partial charge in [0.1, 0.15) is 11.4 Å². The second-order valence-corrected chi connectivity index (χ2v) is 6.72. The Bertz CT molecular complexity index is 1100. The normalized spacial score (nSPS) is 10.9. The molecule has 2 heterocycles. The van der Waals surface area contributed by atoms with Gasteiger partial charge in [-0.2, -0.15) is 0 Å². The Balaban J connectivity index is 1.97. The Morgan fingerprint density at radius 1 is 1.19 bits per heavy atom. The van der Waals surface area contributed by atoms with Crippen molar-refractivity contribution in [2.24, 2.45) is 14.1 Å². The summed E-state index contributed by atoms with van der Waals surface area (Å²) in [5.74, 6) is -0.728. The third-order valence-electron chi connectivity index (χ3n) is 3.96. The van der Waals surface area contributed by atoms with Crippen molar-refractivity contribution in [3.63, 3.8) is 0 Å². The van der Waals surface area contributed by atoms with Gasteiger partial charge in [0, 0.05) is 14.1 Å². The minimum atomic E-state index is -0.719. The third kappa shape index (κ3) is 3.67. The summed E-state index contributed by atoms with van der Waals surface area (Å²) in [6.07, 6.45) is 0. The number of hydrogen-bond acceptors (Lipinski definition) is 8. The minimum absolute atomic E-state index is 0.0861. The van der Waals surface area contributed by atoms with Gasteiger partial charge in [0.2, 0.25) is 5.16 Å². The van der Waals surface area contributed by atoms with Crippen LogP contribution in [-0.4, -0.2) is 40.9 Å². The molecule has 0 saturated carbocycles. The van der Waals surface area contributed by atoms with Crippen LogP contribution in [0.25, 0.3) is 0 Å². The molecule has 3 aromatic rings. The fourth-order valence-electron chi connectivity index (χ4n) is 2.51. The van der Waals surface area contributed by atoms with Crippen molar-refractivity contribution in [3.05, 3.63) is 62.3 Å². The number of aryl methyl sites for hydroxylation is 1. The van der Waals surface area contributed by atoms with Gasteiger partial charge in [0.15, 0.2) is 5.78 Å². The van der Waals surface area contributed by atoms with Crippen molar-refractivity contribution in [1.29, 1.82) is 0 Å². The molecule has 0 aliphatic heterocycles. The number of carbonyl (C=O) groups excluding carboxylic acids is 1. The molecule has 10 nitrogen and oxygen atoms in total. The van der Waals surface area contributed by atoms with Gasteiger partial charge in [-0.3, -0.25) is 18.7 Å². The van der Waals surface area contributed by atoms with Crippen LogP contribution in [0.4, 0.5) is 5.82 Å². The number of aromatic nitrogens is 6. The molecular formula is C16H17N7O3S. The van der Waals surface area contributed by atoms with Crippen molar-refractivity contribution in [3.8, 4) is 0 Å². The van der Waals surface area contributed by atoms with E-state index in [1.165, 1.54) is 16.3 Å². The summed E-state index contributed by atoms with van der Waals surface area (Å²) in [6.45, 7) is 0.153. The van der Waals surface area contributed by atoms with Gasteiger partial charge >= 0.3 is 5.69 Å². The van der Waals surface area contributed by atoms with Gasteiger partial charge < -0.3 is 5.73 Å². The molecular weight excluding hydrogens is 370 g/mol. The summed E-state index contributed by atoms with van der Waals surface area (Å²) >= 11 is 1.08. The van der Waals surface area contributed by atoms with E-state index in [0.717, 1.165) is 21.9 Å². The van der Waals surface area contributed by atoms with E-state index >= 15 is 0 Å². The van der Waals surface area contributed by atoms with E-state index < -0.39 is 17.0 Å². The SMILES string of the molecule is Cn1nnnc1SCC(=O)c1c(N)n(Cc2ccccc2)c(=O)n(C)c1=O. The first-order valence-electron chi connectivity index (χ1n) is 7.91. The van der Waals surface area contributed by atoms with Gasteiger partial charge in [-0.25, -0.2) is 9.48 Å². The summed E-state index contributed by atoms with van der Waals surface area (Å²) in [5.41, 5.74) is 5.37. The minimum Gasteiger partial charge on any atom is -0.384 e. The first kappa shape index (κ1) is 18.6. The first-order chi connectivity index (χ1) is 12.9. The Morgan fingerprint density at radius 3 is 2.52 bits per heavy atom. The number of nitrogens with zero attached hydrogens (tertiary/aromatic N) is 6. The topological polar surface area (TPSA) is 131 Å². The highest BCUT2D eigenvalue weighted by Crippen LogP contribution is 2.16. The third-order valence-corrected chi connectivity index (χ3v) is 4.97. The zero-order chi connectivity index (χ0) is 19.6. The molecule has 0 saturated heterocycles. The monoisotopic (exact) mass is 387 g/mol. The highest BCUT2D eigenvalue weighted by atomic mass is 32.2. The molecule has 3 rings (SSSR count). The predicted molar refractivity (Wildman–Crippen MR) is 99.8 cm³/mol. The van der Waals surface area contributed by atoms with Crippen LogP contribution in [0.3, 0.4) is 0 Å². The van der Waals surface area contributed by atoms with Gasteiger partial charge in [0.05, 0.1) is 12.3 Å². The number of benzene rings is 1. The van der Waals surface area contributed by atoms with E-state index in [9.17, 15) is 14.4 Å². The van der Waals surface area contributed by atoms with E-state index in [1.807, 2.05) is 30.3 Å². The van der Waals surface area contributed by atoms with Crippen LogP contribution in [0.1, 0.15) is 15.9 Å². The maximum absolute atomic E-state index is 12.7. The van der Waals surface area contributed by atoms with Gasteiger partial charge in [-0.15, -0.1) is 5.10 Å². The molecule has 0 spiro atoms. The molecule has 0 unspecified atom stereocenters. The number of thioether (sulfide) groups is 1. The molecule has 0 radical (unpaired) electrons. The molecule has 0 fully saturated rings. The number of nitrogens with two attached hydrogens (primary N) is 1. The van der Waals surface area contributed by atoms with Crippen LogP contribution in [0.2, 0.25) is 0 Å². The molecule has 0 bridgehead atoms. The smallest absolute Gasteiger partial charge is 0.332 e. The lowest BCUT2D eigenvalue weighted by Crippen LogP contribution is -2.43. The first-order valence-corrected chi connectivity index (χ1v) is 8.90. The van der Waals surface area contributed by atoms with Gasteiger partial charge in [-0.1, -0.05) is 42.1 Å². The average Bonchev–Trinajstić information content (AvgIpc) is 3.08. The molecule has 2 N–H and O–H groups in total. The Labute approximate surface area is 157 Å². The molecule has 11 heteroatoms. The lowest BCUT2D eigenvalue weighted by Gasteiger charge is -2.14. The van der Waals surface area contributed by atoms with Crippen LogP contribution in [0.15, 0.2) is 45.1 Å². The number of Topliss-reactive ketones (excluding diaryl/α,β-unsaturated/α-hetero) is 1. The van der Waals surface area contributed by atoms with E-state index in [1.54, 1.807) is 7.05 Å². The van der Waals surface area contributed by atoms with Crippen molar-refractivity contribution >= 4 is 23.4 Å². The second-order valence-electron chi connectivity index (χ2n) is 5.78. The maximum Gasteiger partial charge on any atom is 0.332 e. The number of ketones is 1. The fourth-order valence-corrected chi connectivity index (χ4v) is 3.23. The summed E-state index contributed by atoms with van der Waals surface area (Å²) in [5, 5.41) is 11.4. The summed E-state index contributed by atoms with van der Waals surface area (Å²) in [7, 11) is 2.96. The van der Waals surface area contributed by atoms with Crippen LogP contribution >= 0.6 is 11.8 Å². The van der Waals surface area contributed by atoms with Crippen molar-refractivity contribution < 1.29 is 4.79 Å². The molecule has 0 amide bonds. The summed E-state index contributed by atoms with van der Waals surface area (Å²) in [4.78, 5) is 37.6. The number of hydrogen-bond donors (Lipinski definition) is 1. The van der Waals surface area contributed by atoms with Crippen LogP contribution < -0.4 is 17.0 Å². The van der Waals surface area contributed by atoms with Crippen molar-refractivity contribution in [2.45, 2.75) is 11.7 Å². The van der Waals surface area contributed by atoms with Crippen LogP contribution in [0.5, 0.6) is 0 Å². The molecule has 140 valence electrons. The lowest BCUT2D eigenvalue weighted by atomic mass is 10.2. The molecule has 0 aliphatic carbocycles. The van der Waals surface area contributed by atoms with E-state index in [0.29, 0.717) is 5.16 Å². The van der Waals surface area contributed by atoms with E-state index in [2.05, 4.69) is 15.5 Å². The zero-order valence-corrected chi connectivity index (χ0v) is 15.5. The second kappa shape index (κ2) is 7.58. The number of carbonyl (C=O) groups is 1. The van der Waals surface area contributed by atoms with E-state index in [4.69, 9.17) is 5.73 Å². The quantitative estimate of drug-likeness (QED) is 0.450. The number of nitrogen functional groups attached to an aromatic ring is 1. The number of rotatable bonds is 6. The number of tetrazole rings is 1. The van der Waals surface area contributed by atoms with E-state index in [-0.39, 0.29) is 23.7 Å². The van der Waals surface area contributed by atoms with Crippen LogP contribution in [0, 0.1) is 0 Å². The molecule has 2 aromatic heterocycles. The highest BCUT2D eigenvalue weighted by Gasteiger charge is 2.22. The molecule has 0 atom stereocenters.